The van der Waals surface area contributed by atoms with Gasteiger partial charge in [-0.2, -0.15) is 58.9 Å². The first kappa shape index (κ1) is 42.2. The smallest absolute Gasteiger partial charge is 0.320 e. The second kappa shape index (κ2) is 15.9. The van der Waals surface area contributed by atoms with Gasteiger partial charge in [0.15, 0.2) is 0 Å². The summed E-state index contributed by atoms with van der Waals surface area (Å²) in [5.41, 5.74) is 0.590. The molecule has 26 heteroatoms. The Morgan fingerprint density at radius 1 is 0.410 bits per heavy atom. The van der Waals surface area contributed by atoms with E-state index in [2.05, 4.69) is 46.0 Å². The van der Waals surface area contributed by atoms with Gasteiger partial charge < -0.3 is 15.7 Å². The SMILES string of the molecule is O=S(=O)(O)c1cccc2c(S(=O)(=O)O)c(/N=N/c3ccc(Nc4nc(O)nc(Nc5ccc(/N=N/c6ccc7c(S(=O)(=O)O)cccc7c6S(=O)(=O)O)cc5)n4)cc3)ccc12. The van der Waals surface area contributed by atoms with Crippen LogP contribution in [0.5, 0.6) is 6.01 Å². The zero-order valence-corrected chi connectivity index (χ0v) is 33.4. The zero-order valence-electron chi connectivity index (χ0n) is 30.2. The lowest BCUT2D eigenvalue weighted by atomic mass is 10.1. The highest BCUT2D eigenvalue weighted by Crippen LogP contribution is 2.38. The third-order valence-electron chi connectivity index (χ3n) is 8.39. The molecule has 0 aliphatic rings. The van der Waals surface area contributed by atoms with Crippen LogP contribution in [0.3, 0.4) is 0 Å². The van der Waals surface area contributed by atoms with E-state index in [1.165, 1.54) is 84.9 Å². The quantitative estimate of drug-likeness (QED) is 0.0471. The van der Waals surface area contributed by atoms with Crippen molar-refractivity contribution in [3.63, 3.8) is 0 Å². The fourth-order valence-corrected chi connectivity index (χ4v) is 8.98. The Hall–Kier alpha value is -6.91. The van der Waals surface area contributed by atoms with Gasteiger partial charge in [-0.05, 0) is 72.8 Å². The van der Waals surface area contributed by atoms with Gasteiger partial charge in [0, 0.05) is 32.9 Å². The lowest BCUT2D eigenvalue weighted by Crippen LogP contribution is -2.03. The molecule has 0 aliphatic heterocycles. The molecule has 0 aliphatic carbocycles. The Morgan fingerprint density at radius 3 is 1.13 bits per heavy atom. The number of aromatic hydroxyl groups is 1. The van der Waals surface area contributed by atoms with Crippen molar-refractivity contribution in [2.45, 2.75) is 19.6 Å². The van der Waals surface area contributed by atoms with Crippen LogP contribution < -0.4 is 10.6 Å². The summed E-state index contributed by atoms with van der Waals surface area (Å²) >= 11 is 0. The molecule has 61 heavy (non-hydrogen) atoms. The minimum Gasteiger partial charge on any atom is -0.479 e. The van der Waals surface area contributed by atoms with Crippen molar-refractivity contribution in [3.8, 4) is 6.01 Å². The van der Waals surface area contributed by atoms with Crippen LogP contribution in [0, 0.1) is 0 Å². The van der Waals surface area contributed by atoms with Crippen molar-refractivity contribution < 1.29 is 57.0 Å². The molecule has 0 amide bonds. The molecule has 0 spiro atoms. The summed E-state index contributed by atoms with van der Waals surface area (Å²) in [5, 5.41) is 31.0. The Bertz CT molecular complexity index is 3200. The van der Waals surface area contributed by atoms with Crippen molar-refractivity contribution in [2.75, 3.05) is 10.6 Å². The molecule has 6 aromatic carbocycles. The van der Waals surface area contributed by atoms with E-state index >= 15 is 0 Å². The van der Waals surface area contributed by atoms with Crippen molar-refractivity contribution in [1.82, 2.24) is 15.0 Å². The van der Waals surface area contributed by atoms with E-state index < -0.39 is 66.1 Å². The molecular formula is C35H25N9O13S4. The lowest BCUT2D eigenvalue weighted by molar-refractivity contribution is 0.430. The van der Waals surface area contributed by atoms with Crippen LogP contribution in [-0.2, 0) is 40.5 Å². The molecule has 1 aromatic heterocycles. The first-order chi connectivity index (χ1) is 28.6. The highest BCUT2D eigenvalue weighted by Gasteiger charge is 2.25. The third kappa shape index (κ3) is 9.45. The maximum Gasteiger partial charge on any atom is 0.320 e. The largest absolute Gasteiger partial charge is 0.479 e. The van der Waals surface area contributed by atoms with Crippen molar-refractivity contribution >= 4 is 108 Å². The van der Waals surface area contributed by atoms with E-state index in [4.69, 9.17) is 0 Å². The van der Waals surface area contributed by atoms with Crippen LogP contribution in [0.25, 0.3) is 21.5 Å². The number of nitrogens with zero attached hydrogens (tertiary/aromatic N) is 7. The molecule has 1 heterocycles. The normalized spacial score (nSPS) is 12.7. The number of anilines is 4. The summed E-state index contributed by atoms with van der Waals surface area (Å²) in [6.45, 7) is 0. The third-order valence-corrected chi connectivity index (χ3v) is 12.1. The highest BCUT2D eigenvalue weighted by molar-refractivity contribution is 7.87. The van der Waals surface area contributed by atoms with E-state index in [0.29, 0.717) is 11.4 Å². The lowest BCUT2D eigenvalue weighted by Gasteiger charge is -2.10. The standard InChI is InChI=1S/C35H25N9O13S4/c45-35-39-33(36-19-7-11-21(12-8-19)41-43-27-17-15-23-25(31(27)60(52,53)54)3-1-5-29(23)58(46,47)48)38-34(40-35)37-20-9-13-22(14-10-20)42-44-28-18-16-24-26(32(28)61(55,56)57)4-2-6-30(24)59(49,50)51/h1-18H,(H,46,47,48)(H,49,50,51)(H,52,53,54)(H,55,56,57)(H3,36,37,38,39,40,45)/b43-41+,44-42+. The van der Waals surface area contributed by atoms with Gasteiger partial charge in [0.2, 0.25) is 11.9 Å². The summed E-state index contributed by atoms with van der Waals surface area (Å²) in [6, 6.07) is 22.9. The Kier molecular flexibility index (Phi) is 11.0. The summed E-state index contributed by atoms with van der Waals surface area (Å²) < 4.78 is 136. The van der Waals surface area contributed by atoms with Crippen LogP contribution in [0.2, 0.25) is 0 Å². The summed E-state index contributed by atoms with van der Waals surface area (Å²) in [6.07, 6.45) is 0. The second-order valence-electron chi connectivity index (χ2n) is 12.5. The van der Waals surface area contributed by atoms with Crippen LogP contribution in [0.15, 0.2) is 149 Å². The van der Waals surface area contributed by atoms with Gasteiger partial charge in [-0.3, -0.25) is 18.2 Å². The predicted octanol–water partition coefficient (Wildman–Crippen LogP) is 7.19. The highest BCUT2D eigenvalue weighted by atomic mass is 32.2. The Balaban J connectivity index is 1.05. The van der Waals surface area contributed by atoms with Gasteiger partial charge in [-0.25, -0.2) is 0 Å². The fraction of sp³-hybridized carbons (Fsp3) is 0. The predicted molar refractivity (Wildman–Crippen MR) is 216 cm³/mol. The van der Waals surface area contributed by atoms with Gasteiger partial charge in [0.25, 0.3) is 40.5 Å². The summed E-state index contributed by atoms with van der Waals surface area (Å²) in [4.78, 5) is 9.33. The average Bonchev–Trinajstić information content (AvgIpc) is 3.17. The number of fused-ring (bicyclic) bond motifs is 2. The van der Waals surface area contributed by atoms with Gasteiger partial charge in [-0.1, -0.05) is 36.4 Å². The van der Waals surface area contributed by atoms with Gasteiger partial charge in [-0.15, -0.1) is 10.2 Å². The number of hydrogen-bond acceptors (Lipinski definition) is 18. The van der Waals surface area contributed by atoms with Crippen molar-refractivity contribution in [1.29, 1.82) is 0 Å². The Morgan fingerprint density at radius 2 is 0.787 bits per heavy atom. The zero-order chi connectivity index (χ0) is 43.9. The molecular weight excluding hydrogens is 883 g/mol. The summed E-state index contributed by atoms with van der Waals surface area (Å²) in [5.74, 6) is -0.191. The molecule has 0 unspecified atom stereocenters. The molecule has 0 saturated carbocycles. The number of rotatable bonds is 12. The summed E-state index contributed by atoms with van der Waals surface area (Å²) in [7, 11) is -19.4. The first-order valence-electron chi connectivity index (χ1n) is 16.7. The van der Waals surface area contributed by atoms with E-state index in [1.54, 1.807) is 0 Å². The topological polar surface area (TPSA) is 350 Å². The van der Waals surface area contributed by atoms with Gasteiger partial charge in [0.1, 0.15) is 31.0 Å². The number of benzene rings is 6. The maximum absolute atomic E-state index is 12.3. The van der Waals surface area contributed by atoms with Crippen LogP contribution in [0.4, 0.5) is 46.0 Å². The second-order valence-corrected chi connectivity index (χ2v) is 18.0. The molecule has 0 bridgehead atoms. The maximum atomic E-state index is 12.3. The monoisotopic (exact) mass is 907 g/mol. The van der Waals surface area contributed by atoms with Gasteiger partial charge >= 0.3 is 6.01 Å². The van der Waals surface area contributed by atoms with Crippen molar-refractivity contribution in [2.24, 2.45) is 20.5 Å². The van der Waals surface area contributed by atoms with E-state index in [9.17, 15) is 57.0 Å². The van der Waals surface area contributed by atoms with E-state index in [0.717, 1.165) is 24.3 Å². The van der Waals surface area contributed by atoms with Gasteiger partial charge in [0.05, 0.1) is 11.4 Å². The molecule has 312 valence electrons. The van der Waals surface area contributed by atoms with E-state index in [-0.39, 0.29) is 56.2 Å². The molecule has 22 nitrogen and oxygen atoms in total. The minimum atomic E-state index is -4.96. The molecule has 7 N–H and O–H groups in total. The molecule has 0 radical (unpaired) electrons. The molecule has 0 atom stereocenters. The molecule has 7 aromatic rings. The number of hydrogen-bond donors (Lipinski definition) is 7. The number of nitrogens with one attached hydrogen (secondary N) is 2. The van der Waals surface area contributed by atoms with Crippen LogP contribution in [0.1, 0.15) is 0 Å². The van der Waals surface area contributed by atoms with E-state index in [1.807, 2.05) is 0 Å². The van der Waals surface area contributed by atoms with Crippen LogP contribution >= 0.6 is 0 Å². The molecule has 0 saturated heterocycles. The van der Waals surface area contributed by atoms with Crippen molar-refractivity contribution in [3.05, 3.63) is 109 Å². The first-order valence-corrected chi connectivity index (χ1v) is 22.5. The Labute approximate surface area is 344 Å². The molecule has 7 rings (SSSR count). The number of azo groups is 2. The van der Waals surface area contributed by atoms with Crippen LogP contribution in [-0.4, -0.2) is 71.9 Å². The number of aromatic nitrogens is 3. The minimum absolute atomic E-state index is 0.0956. The molecule has 0 fully saturated rings. The fourth-order valence-electron chi connectivity index (χ4n) is 5.91. The average molecular weight is 908 g/mol.